The van der Waals surface area contributed by atoms with Gasteiger partial charge in [0.05, 0.1) is 11.0 Å². The Hall–Kier alpha value is -0.670. The van der Waals surface area contributed by atoms with Crippen molar-refractivity contribution in [3.8, 4) is 0 Å². The van der Waals surface area contributed by atoms with Crippen LogP contribution in [0.5, 0.6) is 0 Å². The van der Waals surface area contributed by atoms with Gasteiger partial charge in [0.25, 0.3) is 0 Å². The first kappa shape index (κ1) is 14.3. The first-order valence-corrected chi connectivity index (χ1v) is 9.06. The van der Waals surface area contributed by atoms with Gasteiger partial charge in [0.1, 0.15) is 5.82 Å². The molecule has 4 heteroatoms. The lowest BCUT2D eigenvalue weighted by atomic mass is 10.0. The first-order chi connectivity index (χ1) is 9.78. The van der Waals surface area contributed by atoms with E-state index in [-0.39, 0.29) is 0 Å². The summed E-state index contributed by atoms with van der Waals surface area (Å²) in [5.41, 5.74) is 3.66. The summed E-state index contributed by atoms with van der Waals surface area (Å²) in [5.74, 6) is 5.20. The summed E-state index contributed by atoms with van der Waals surface area (Å²) in [6.45, 7) is 3.23. The Balaban J connectivity index is 1.95. The van der Waals surface area contributed by atoms with Crippen molar-refractivity contribution in [2.24, 2.45) is 5.92 Å². The molecule has 3 rings (SSSR count). The van der Waals surface area contributed by atoms with Crippen molar-refractivity contribution in [3.63, 3.8) is 0 Å². The molecule has 0 bridgehead atoms. The fraction of sp³-hybridized carbons (Fsp3) is 0.562. The van der Waals surface area contributed by atoms with E-state index in [1.165, 1.54) is 35.4 Å². The molecule has 1 aliphatic heterocycles. The normalized spacial score (nSPS) is 16.9. The maximum Gasteiger partial charge on any atom is 0.111 e. The van der Waals surface area contributed by atoms with E-state index in [1.54, 1.807) is 0 Å². The number of rotatable bonds is 4. The third-order valence-corrected chi connectivity index (χ3v) is 5.32. The Morgan fingerprint density at radius 2 is 2.15 bits per heavy atom. The quantitative estimate of drug-likeness (QED) is 0.785. The molecule has 0 amide bonds. The minimum Gasteiger partial charge on any atom is -0.328 e. The van der Waals surface area contributed by atoms with Crippen molar-refractivity contribution in [3.05, 3.63) is 29.6 Å². The number of aromatic nitrogens is 2. The fourth-order valence-corrected chi connectivity index (χ4v) is 4.33. The number of hydrogen-bond acceptors (Lipinski definition) is 2. The van der Waals surface area contributed by atoms with Crippen LogP contribution in [0.2, 0.25) is 0 Å². The van der Waals surface area contributed by atoms with Gasteiger partial charge in [0, 0.05) is 18.8 Å². The molecule has 0 spiro atoms. The molecular weight excluding hydrogens is 288 g/mol. The summed E-state index contributed by atoms with van der Waals surface area (Å²) in [7, 11) is 0. The van der Waals surface area contributed by atoms with Crippen molar-refractivity contribution in [1.82, 2.24) is 9.55 Å². The Bertz CT molecular complexity index is 587. The minimum atomic E-state index is 0.642. The molecule has 108 valence electrons. The van der Waals surface area contributed by atoms with Gasteiger partial charge >= 0.3 is 0 Å². The Morgan fingerprint density at radius 1 is 1.35 bits per heavy atom. The number of alkyl halides is 1. The molecule has 0 atom stereocenters. The van der Waals surface area contributed by atoms with Crippen LogP contribution in [0.25, 0.3) is 11.0 Å². The van der Waals surface area contributed by atoms with Crippen LogP contribution in [-0.4, -0.2) is 26.9 Å². The van der Waals surface area contributed by atoms with Gasteiger partial charge in [-0.1, -0.05) is 6.07 Å². The van der Waals surface area contributed by atoms with Crippen molar-refractivity contribution in [2.75, 3.05) is 17.4 Å². The molecule has 1 aromatic carbocycles. The lowest BCUT2D eigenvalue weighted by Gasteiger charge is -2.23. The molecule has 2 heterocycles. The van der Waals surface area contributed by atoms with Crippen LogP contribution in [0.1, 0.15) is 24.2 Å². The highest BCUT2D eigenvalue weighted by atomic mass is 35.5. The van der Waals surface area contributed by atoms with E-state index in [1.807, 2.05) is 0 Å². The van der Waals surface area contributed by atoms with Crippen molar-refractivity contribution >= 4 is 34.4 Å². The molecule has 20 heavy (non-hydrogen) atoms. The zero-order valence-corrected chi connectivity index (χ0v) is 13.5. The maximum atomic E-state index is 5.95. The molecule has 0 saturated carbocycles. The number of hydrogen-bond donors (Lipinski definition) is 0. The van der Waals surface area contributed by atoms with E-state index in [9.17, 15) is 0 Å². The van der Waals surface area contributed by atoms with E-state index in [4.69, 9.17) is 16.6 Å². The molecule has 0 unspecified atom stereocenters. The molecule has 2 aromatic rings. The van der Waals surface area contributed by atoms with Gasteiger partial charge in [-0.25, -0.2) is 4.98 Å². The number of nitrogens with zero attached hydrogens (tertiary/aromatic N) is 2. The lowest BCUT2D eigenvalue weighted by molar-refractivity contribution is 0.416. The second kappa shape index (κ2) is 6.40. The SMILES string of the molecule is Cc1ccc2c(c1)nc(CCCl)n2CC1CCSCC1. The summed E-state index contributed by atoms with van der Waals surface area (Å²) in [6.07, 6.45) is 3.52. The summed E-state index contributed by atoms with van der Waals surface area (Å²) in [4.78, 5) is 4.80. The number of aryl methyl sites for hydroxylation is 2. The molecule has 2 nitrogen and oxygen atoms in total. The third-order valence-electron chi connectivity index (χ3n) is 4.08. The van der Waals surface area contributed by atoms with Gasteiger partial charge in [0.2, 0.25) is 0 Å². The van der Waals surface area contributed by atoms with E-state index in [0.717, 1.165) is 30.2 Å². The number of thioether (sulfide) groups is 1. The monoisotopic (exact) mass is 308 g/mol. The van der Waals surface area contributed by atoms with Crippen LogP contribution in [0.15, 0.2) is 18.2 Å². The molecule has 0 aliphatic carbocycles. The van der Waals surface area contributed by atoms with Gasteiger partial charge < -0.3 is 4.57 Å². The number of fused-ring (bicyclic) bond motifs is 1. The third kappa shape index (κ3) is 2.99. The fourth-order valence-electron chi connectivity index (χ4n) is 2.96. The topological polar surface area (TPSA) is 17.8 Å². The second-order valence-corrected chi connectivity index (χ2v) is 7.23. The molecular formula is C16H21ClN2S. The van der Waals surface area contributed by atoms with Gasteiger partial charge in [-0.05, 0) is 54.9 Å². The predicted octanol–water partition coefficient (Wildman–Crippen LogP) is 4.27. The standard InChI is InChI=1S/C16H21ClN2S/c1-12-2-3-15-14(10-12)18-16(4-7-17)19(15)11-13-5-8-20-9-6-13/h2-3,10,13H,4-9,11H2,1H3. The van der Waals surface area contributed by atoms with Gasteiger partial charge in [-0.3, -0.25) is 0 Å². The summed E-state index contributed by atoms with van der Waals surface area (Å²) < 4.78 is 2.41. The summed E-state index contributed by atoms with van der Waals surface area (Å²) in [6, 6.07) is 6.58. The molecule has 1 aliphatic rings. The maximum absolute atomic E-state index is 5.95. The smallest absolute Gasteiger partial charge is 0.111 e. The molecule has 0 radical (unpaired) electrons. The zero-order valence-electron chi connectivity index (χ0n) is 11.9. The van der Waals surface area contributed by atoms with Crippen molar-refractivity contribution in [1.29, 1.82) is 0 Å². The Kier molecular flexibility index (Phi) is 4.57. The number of imidazole rings is 1. The van der Waals surface area contributed by atoms with Crippen LogP contribution in [0.4, 0.5) is 0 Å². The van der Waals surface area contributed by atoms with Gasteiger partial charge in [-0.2, -0.15) is 11.8 Å². The largest absolute Gasteiger partial charge is 0.328 e. The lowest BCUT2D eigenvalue weighted by Crippen LogP contribution is -2.18. The minimum absolute atomic E-state index is 0.642. The number of benzene rings is 1. The van der Waals surface area contributed by atoms with E-state index in [0.29, 0.717) is 5.88 Å². The van der Waals surface area contributed by atoms with E-state index in [2.05, 4.69) is 41.5 Å². The Labute approximate surface area is 129 Å². The summed E-state index contributed by atoms with van der Waals surface area (Å²) in [5, 5.41) is 0. The molecule has 1 aromatic heterocycles. The van der Waals surface area contributed by atoms with Gasteiger partial charge in [-0.15, -0.1) is 11.6 Å². The first-order valence-electron chi connectivity index (χ1n) is 7.37. The van der Waals surface area contributed by atoms with Crippen LogP contribution < -0.4 is 0 Å². The predicted molar refractivity (Wildman–Crippen MR) is 88.9 cm³/mol. The highest BCUT2D eigenvalue weighted by Gasteiger charge is 2.18. The van der Waals surface area contributed by atoms with E-state index >= 15 is 0 Å². The number of halogens is 1. The van der Waals surface area contributed by atoms with Crippen LogP contribution in [0.3, 0.4) is 0 Å². The second-order valence-electron chi connectivity index (χ2n) is 5.63. The zero-order chi connectivity index (χ0) is 13.9. The highest BCUT2D eigenvalue weighted by molar-refractivity contribution is 7.99. The van der Waals surface area contributed by atoms with E-state index < -0.39 is 0 Å². The average molecular weight is 309 g/mol. The molecule has 0 N–H and O–H groups in total. The van der Waals surface area contributed by atoms with Crippen molar-refractivity contribution < 1.29 is 0 Å². The summed E-state index contributed by atoms with van der Waals surface area (Å²) >= 11 is 8.04. The van der Waals surface area contributed by atoms with Crippen LogP contribution in [-0.2, 0) is 13.0 Å². The van der Waals surface area contributed by atoms with Crippen molar-refractivity contribution in [2.45, 2.75) is 32.7 Å². The van der Waals surface area contributed by atoms with Gasteiger partial charge in [0.15, 0.2) is 0 Å². The van der Waals surface area contributed by atoms with Crippen LogP contribution in [0, 0.1) is 12.8 Å². The average Bonchev–Trinajstić information content (AvgIpc) is 2.77. The van der Waals surface area contributed by atoms with Crippen LogP contribution >= 0.6 is 23.4 Å². The Morgan fingerprint density at radius 3 is 2.90 bits per heavy atom. The highest BCUT2D eigenvalue weighted by Crippen LogP contribution is 2.27. The molecule has 1 saturated heterocycles. The molecule has 1 fully saturated rings.